The largest absolute Gasteiger partial charge is 0.381 e. The van der Waals surface area contributed by atoms with Crippen molar-refractivity contribution in [2.24, 2.45) is 5.92 Å². The van der Waals surface area contributed by atoms with Gasteiger partial charge in [0.1, 0.15) is 0 Å². The minimum Gasteiger partial charge on any atom is -0.381 e. The highest BCUT2D eigenvalue weighted by Gasteiger charge is 2.26. The van der Waals surface area contributed by atoms with Crippen LogP contribution in [0.3, 0.4) is 0 Å². The predicted molar refractivity (Wildman–Crippen MR) is 62.1 cm³/mol. The summed E-state index contributed by atoms with van der Waals surface area (Å²) in [6.45, 7) is 7.56. The van der Waals surface area contributed by atoms with Gasteiger partial charge in [-0.15, -0.1) is 0 Å². The van der Waals surface area contributed by atoms with Crippen LogP contribution in [0.2, 0.25) is 0 Å². The molecule has 0 spiro atoms. The van der Waals surface area contributed by atoms with Crippen LogP contribution in [0.4, 0.5) is 0 Å². The summed E-state index contributed by atoms with van der Waals surface area (Å²) in [4.78, 5) is 0. The van der Waals surface area contributed by atoms with Gasteiger partial charge in [-0.2, -0.15) is 0 Å². The fourth-order valence-electron chi connectivity index (χ4n) is 2.08. The van der Waals surface area contributed by atoms with Crippen LogP contribution in [-0.2, 0) is 4.74 Å². The maximum Gasteiger partial charge on any atom is 0.0483 e. The molecule has 0 aromatic rings. The molecule has 3 heteroatoms. The SMILES string of the molecule is CC1(NCCNCC2CC2)CCOCC1. The normalized spacial score (nSPS) is 25.4. The first kappa shape index (κ1) is 11.4. The summed E-state index contributed by atoms with van der Waals surface area (Å²) in [5, 5.41) is 7.16. The molecule has 2 N–H and O–H groups in total. The van der Waals surface area contributed by atoms with Crippen LogP contribution in [0.25, 0.3) is 0 Å². The second kappa shape index (κ2) is 5.28. The Kier molecular flexibility index (Phi) is 4.00. The maximum absolute atomic E-state index is 5.38. The summed E-state index contributed by atoms with van der Waals surface area (Å²) in [5.41, 5.74) is 0.319. The minimum absolute atomic E-state index is 0.319. The Balaban J connectivity index is 1.51. The zero-order valence-electron chi connectivity index (χ0n) is 9.85. The van der Waals surface area contributed by atoms with Crippen LogP contribution in [0.5, 0.6) is 0 Å². The molecule has 2 rings (SSSR count). The van der Waals surface area contributed by atoms with E-state index in [0.717, 1.165) is 45.1 Å². The highest BCUT2D eigenvalue weighted by Crippen LogP contribution is 2.27. The molecule has 1 aliphatic heterocycles. The Morgan fingerprint density at radius 3 is 2.60 bits per heavy atom. The zero-order valence-corrected chi connectivity index (χ0v) is 9.85. The lowest BCUT2D eigenvalue weighted by molar-refractivity contribution is 0.0456. The van der Waals surface area contributed by atoms with Crippen molar-refractivity contribution in [1.29, 1.82) is 0 Å². The summed E-state index contributed by atoms with van der Waals surface area (Å²) >= 11 is 0. The van der Waals surface area contributed by atoms with Gasteiger partial charge in [-0.05, 0) is 45.1 Å². The van der Waals surface area contributed by atoms with Crippen molar-refractivity contribution in [1.82, 2.24) is 10.6 Å². The van der Waals surface area contributed by atoms with Crippen LogP contribution in [0.15, 0.2) is 0 Å². The lowest BCUT2D eigenvalue weighted by Crippen LogP contribution is -2.48. The number of rotatable bonds is 6. The Bertz CT molecular complexity index is 186. The van der Waals surface area contributed by atoms with E-state index in [9.17, 15) is 0 Å². The van der Waals surface area contributed by atoms with Gasteiger partial charge in [-0.25, -0.2) is 0 Å². The number of hydrogen-bond donors (Lipinski definition) is 2. The number of nitrogens with one attached hydrogen (secondary N) is 2. The molecule has 1 saturated heterocycles. The maximum atomic E-state index is 5.38. The highest BCUT2D eigenvalue weighted by atomic mass is 16.5. The molecule has 0 unspecified atom stereocenters. The van der Waals surface area contributed by atoms with Gasteiger partial charge in [0, 0.05) is 31.8 Å². The third kappa shape index (κ3) is 4.09. The molecule has 1 heterocycles. The second-order valence-corrected chi connectivity index (χ2v) is 5.25. The molecule has 15 heavy (non-hydrogen) atoms. The van der Waals surface area contributed by atoms with Crippen molar-refractivity contribution in [3.05, 3.63) is 0 Å². The van der Waals surface area contributed by atoms with Gasteiger partial charge in [0.05, 0.1) is 0 Å². The van der Waals surface area contributed by atoms with Gasteiger partial charge in [0.2, 0.25) is 0 Å². The summed E-state index contributed by atoms with van der Waals surface area (Å²) < 4.78 is 5.38. The standard InChI is InChI=1S/C12H24N2O/c1-12(4-8-15-9-5-12)14-7-6-13-10-11-2-3-11/h11,13-14H,2-10H2,1H3. The van der Waals surface area contributed by atoms with Crippen LogP contribution < -0.4 is 10.6 Å². The fourth-order valence-corrected chi connectivity index (χ4v) is 2.08. The Hall–Kier alpha value is -0.120. The van der Waals surface area contributed by atoms with Gasteiger partial charge < -0.3 is 15.4 Å². The highest BCUT2D eigenvalue weighted by molar-refractivity contribution is 4.85. The number of hydrogen-bond acceptors (Lipinski definition) is 3. The van der Waals surface area contributed by atoms with E-state index >= 15 is 0 Å². The molecule has 3 nitrogen and oxygen atoms in total. The molecule has 2 fully saturated rings. The van der Waals surface area contributed by atoms with Gasteiger partial charge in [0.25, 0.3) is 0 Å². The van der Waals surface area contributed by atoms with Crippen molar-refractivity contribution in [2.45, 2.75) is 38.1 Å². The Morgan fingerprint density at radius 2 is 1.93 bits per heavy atom. The van der Waals surface area contributed by atoms with Gasteiger partial charge in [-0.3, -0.25) is 0 Å². The molecule has 0 amide bonds. The van der Waals surface area contributed by atoms with Crippen LogP contribution in [0.1, 0.15) is 32.6 Å². The quantitative estimate of drug-likeness (QED) is 0.648. The van der Waals surface area contributed by atoms with E-state index in [-0.39, 0.29) is 0 Å². The average molecular weight is 212 g/mol. The molecule has 0 bridgehead atoms. The summed E-state index contributed by atoms with van der Waals surface area (Å²) in [7, 11) is 0. The monoisotopic (exact) mass is 212 g/mol. The third-order valence-corrected chi connectivity index (χ3v) is 3.58. The first-order valence-electron chi connectivity index (χ1n) is 6.32. The summed E-state index contributed by atoms with van der Waals surface area (Å²) in [6.07, 6.45) is 5.18. The molecule has 0 atom stereocenters. The zero-order chi connectivity index (χ0) is 10.6. The minimum atomic E-state index is 0.319. The van der Waals surface area contributed by atoms with E-state index in [2.05, 4.69) is 17.6 Å². The first-order chi connectivity index (χ1) is 7.29. The van der Waals surface area contributed by atoms with E-state index in [0.29, 0.717) is 5.54 Å². The fraction of sp³-hybridized carbons (Fsp3) is 1.00. The molecule has 1 saturated carbocycles. The molecule has 88 valence electrons. The van der Waals surface area contributed by atoms with Crippen molar-refractivity contribution in [3.63, 3.8) is 0 Å². The molecular weight excluding hydrogens is 188 g/mol. The van der Waals surface area contributed by atoms with Crippen molar-refractivity contribution < 1.29 is 4.74 Å². The smallest absolute Gasteiger partial charge is 0.0483 e. The van der Waals surface area contributed by atoms with Gasteiger partial charge in [0.15, 0.2) is 0 Å². The molecule has 1 aliphatic carbocycles. The van der Waals surface area contributed by atoms with Gasteiger partial charge >= 0.3 is 0 Å². The van der Waals surface area contributed by atoms with E-state index in [1.54, 1.807) is 0 Å². The van der Waals surface area contributed by atoms with E-state index in [1.807, 2.05) is 0 Å². The molecule has 0 radical (unpaired) electrons. The van der Waals surface area contributed by atoms with E-state index in [1.165, 1.54) is 19.4 Å². The first-order valence-corrected chi connectivity index (χ1v) is 6.32. The predicted octanol–water partition coefficient (Wildman–Crippen LogP) is 1.14. The van der Waals surface area contributed by atoms with Crippen molar-refractivity contribution in [2.75, 3.05) is 32.8 Å². The molecule has 0 aromatic carbocycles. The second-order valence-electron chi connectivity index (χ2n) is 5.25. The van der Waals surface area contributed by atoms with E-state index in [4.69, 9.17) is 4.74 Å². The summed E-state index contributed by atoms with van der Waals surface area (Å²) in [5.74, 6) is 0.990. The van der Waals surface area contributed by atoms with Crippen LogP contribution >= 0.6 is 0 Å². The van der Waals surface area contributed by atoms with Crippen molar-refractivity contribution in [3.8, 4) is 0 Å². The Labute approximate surface area is 93.0 Å². The lowest BCUT2D eigenvalue weighted by atomic mass is 9.92. The third-order valence-electron chi connectivity index (χ3n) is 3.58. The van der Waals surface area contributed by atoms with Crippen LogP contribution in [-0.4, -0.2) is 38.4 Å². The molecule has 0 aromatic heterocycles. The number of ether oxygens (including phenoxy) is 1. The lowest BCUT2D eigenvalue weighted by Gasteiger charge is -2.34. The summed E-state index contributed by atoms with van der Waals surface area (Å²) in [6, 6.07) is 0. The van der Waals surface area contributed by atoms with Crippen molar-refractivity contribution >= 4 is 0 Å². The van der Waals surface area contributed by atoms with Gasteiger partial charge in [-0.1, -0.05) is 0 Å². The average Bonchev–Trinajstić information content (AvgIpc) is 3.02. The van der Waals surface area contributed by atoms with Crippen LogP contribution in [0, 0.1) is 5.92 Å². The van der Waals surface area contributed by atoms with E-state index < -0.39 is 0 Å². The Morgan fingerprint density at radius 1 is 1.20 bits per heavy atom. The molecule has 2 aliphatic rings. The molecular formula is C12H24N2O. The topological polar surface area (TPSA) is 33.3 Å².